The van der Waals surface area contributed by atoms with Gasteiger partial charge in [0.25, 0.3) is 0 Å². The van der Waals surface area contributed by atoms with Crippen LogP contribution in [0.15, 0.2) is 6.20 Å². The number of hydrogen-bond acceptors (Lipinski definition) is 6. The molecule has 0 amide bonds. The molecule has 0 saturated heterocycles. The molecule has 0 radical (unpaired) electrons. The molecule has 1 unspecified atom stereocenters. The van der Waals surface area contributed by atoms with Crippen LogP contribution in [0.2, 0.25) is 0 Å². The second-order valence-electron chi connectivity index (χ2n) is 4.48. The zero-order chi connectivity index (χ0) is 14.1. The van der Waals surface area contributed by atoms with Crippen molar-refractivity contribution in [3.8, 4) is 0 Å². The minimum atomic E-state index is -0.447. The van der Waals surface area contributed by atoms with Gasteiger partial charge in [-0.05, 0) is 19.8 Å². The van der Waals surface area contributed by atoms with Gasteiger partial charge in [0, 0.05) is 32.0 Å². The predicted octanol–water partition coefficient (Wildman–Crippen LogP) is 1.42. The third-order valence-corrected chi connectivity index (χ3v) is 2.63. The van der Waals surface area contributed by atoms with Crippen LogP contribution >= 0.6 is 0 Å². The number of hydrogen-bond donors (Lipinski definition) is 3. The van der Waals surface area contributed by atoms with E-state index in [9.17, 15) is 5.11 Å². The molecule has 1 atom stereocenters. The van der Waals surface area contributed by atoms with Gasteiger partial charge in [0.1, 0.15) is 5.82 Å². The average molecular weight is 268 g/mol. The molecule has 1 aromatic heterocycles. The van der Waals surface area contributed by atoms with Crippen LogP contribution < -0.4 is 10.6 Å². The van der Waals surface area contributed by atoms with Crippen LogP contribution in [-0.4, -0.2) is 48.0 Å². The summed E-state index contributed by atoms with van der Waals surface area (Å²) < 4.78 is 4.88. The second-order valence-corrected chi connectivity index (χ2v) is 4.48. The number of aliphatic hydroxyl groups is 1. The minimum absolute atomic E-state index is 0.355. The maximum Gasteiger partial charge on any atom is 0.224 e. The van der Waals surface area contributed by atoms with Crippen molar-refractivity contribution in [2.75, 3.05) is 37.4 Å². The number of aryl methyl sites for hydroxylation is 1. The van der Waals surface area contributed by atoms with Crippen molar-refractivity contribution < 1.29 is 9.84 Å². The van der Waals surface area contributed by atoms with E-state index in [-0.39, 0.29) is 0 Å². The first-order valence-electron chi connectivity index (χ1n) is 6.65. The summed E-state index contributed by atoms with van der Waals surface area (Å²) in [6, 6.07) is 0. The van der Waals surface area contributed by atoms with Crippen LogP contribution in [-0.2, 0) is 4.74 Å². The van der Waals surface area contributed by atoms with Crippen molar-refractivity contribution in [1.82, 2.24) is 9.97 Å². The normalized spacial score (nSPS) is 12.2. The Bertz CT molecular complexity index is 374. The summed E-state index contributed by atoms with van der Waals surface area (Å²) in [5.74, 6) is 1.44. The SMILES string of the molecule is CCCNc1ncc(C)c(NCCC(O)COC)n1. The fourth-order valence-corrected chi connectivity index (χ4v) is 1.58. The number of aromatic nitrogens is 2. The van der Waals surface area contributed by atoms with Gasteiger partial charge in [-0.15, -0.1) is 0 Å². The third kappa shape index (κ3) is 5.85. The van der Waals surface area contributed by atoms with E-state index in [0.717, 1.165) is 24.3 Å². The Labute approximate surface area is 114 Å². The lowest BCUT2D eigenvalue weighted by Gasteiger charge is -2.12. The van der Waals surface area contributed by atoms with E-state index in [2.05, 4.69) is 27.5 Å². The summed E-state index contributed by atoms with van der Waals surface area (Å²) >= 11 is 0. The highest BCUT2D eigenvalue weighted by Crippen LogP contribution is 2.12. The zero-order valence-corrected chi connectivity index (χ0v) is 11.9. The molecule has 1 rings (SSSR count). The number of ether oxygens (including phenoxy) is 1. The van der Waals surface area contributed by atoms with Crippen molar-refractivity contribution in [2.45, 2.75) is 32.8 Å². The van der Waals surface area contributed by atoms with E-state index in [1.165, 1.54) is 0 Å². The van der Waals surface area contributed by atoms with Crippen LogP contribution in [0.25, 0.3) is 0 Å². The van der Waals surface area contributed by atoms with Crippen LogP contribution in [0.3, 0.4) is 0 Å². The molecule has 6 heteroatoms. The molecule has 0 aliphatic carbocycles. The summed E-state index contributed by atoms with van der Waals surface area (Å²) in [7, 11) is 1.58. The van der Waals surface area contributed by atoms with Gasteiger partial charge in [-0.2, -0.15) is 4.98 Å². The molecular weight excluding hydrogens is 244 g/mol. The van der Waals surface area contributed by atoms with Crippen molar-refractivity contribution in [3.63, 3.8) is 0 Å². The monoisotopic (exact) mass is 268 g/mol. The van der Waals surface area contributed by atoms with Gasteiger partial charge >= 0.3 is 0 Å². The van der Waals surface area contributed by atoms with E-state index in [1.807, 2.05) is 6.92 Å². The molecule has 0 aromatic carbocycles. The molecule has 0 aliphatic heterocycles. The van der Waals surface area contributed by atoms with Gasteiger partial charge < -0.3 is 20.5 Å². The maximum absolute atomic E-state index is 9.56. The Morgan fingerprint density at radius 3 is 2.84 bits per heavy atom. The number of nitrogens with one attached hydrogen (secondary N) is 2. The van der Waals surface area contributed by atoms with Gasteiger partial charge in [-0.1, -0.05) is 6.92 Å². The molecule has 0 bridgehead atoms. The summed E-state index contributed by atoms with van der Waals surface area (Å²) in [6.45, 7) is 5.91. The molecule has 0 saturated carbocycles. The van der Waals surface area contributed by atoms with Crippen molar-refractivity contribution in [1.29, 1.82) is 0 Å². The van der Waals surface area contributed by atoms with E-state index < -0.39 is 6.10 Å². The van der Waals surface area contributed by atoms with E-state index in [1.54, 1.807) is 13.3 Å². The molecule has 108 valence electrons. The van der Waals surface area contributed by atoms with Crippen molar-refractivity contribution in [3.05, 3.63) is 11.8 Å². The lowest BCUT2D eigenvalue weighted by Crippen LogP contribution is -2.19. The topological polar surface area (TPSA) is 79.3 Å². The van der Waals surface area contributed by atoms with Gasteiger partial charge in [0.05, 0.1) is 12.7 Å². The van der Waals surface area contributed by atoms with Gasteiger partial charge in [-0.25, -0.2) is 4.98 Å². The minimum Gasteiger partial charge on any atom is -0.391 e. The second kappa shape index (κ2) is 8.66. The zero-order valence-electron chi connectivity index (χ0n) is 11.9. The molecule has 1 aromatic rings. The number of nitrogens with zero attached hydrogens (tertiary/aromatic N) is 2. The van der Waals surface area contributed by atoms with Crippen LogP contribution in [0, 0.1) is 6.92 Å². The first-order chi connectivity index (χ1) is 9.17. The molecule has 0 aliphatic rings. The third-order valence-electron chi connectivity index (χ3n) is 2.63. The first-order valence-corrected chi connectivity index (χ1v) is 6.65. The fraction of sp³-hybridized carbons (Fsp3) is 0.692. The summed E-state index contributed by atoms with van der Waals surface area (Å²) in [5.41, 5.74) is 0.989. The fourth-order valence-electron chi connectivity index (χ4n) is 1.58. The first kappa shape index (κ1) is 15.7. The Hall–Kier alpha value is -1.40. The lowest BCUT2D eigenvalue weighted by atomic mass is 10.2. The Morgan fingerprint density at radius 1 is 1.37 bits per heavy atom. The standard InChI is InChI=1S/C13H24N4O2/c1-4-6-15-13-16-8-10(2)12(17-13)14-7-5-11(18)9-19-3/h8,11,18H,4-7,9H2,1-3H3,(H2,14,15,16,17). The number of rotatable bonds is 9. The summed E-state index contributed by atoms with van der Waals surface area (Å²) in [6.07, 6.45) is 2.99. The van der Waals surface area contributed by atoms with Gasteiger partial charge in [0.15, 0.2) is 0 Å². The number of aliphatic hydroxyl groups excluding tert-OH is 1. The van der Waals surface area contributed by atoms with Gasteiger partial charge in [0.2, 0.25) is 5.95 Å². The lowest BCUT2D eigenvalue weighted by molar-refractivity contribution is 0.0615. The molecule has 3 N–H and O–H groups in total. The van der Waals surface area contributed by atoms with E-state index >= 15 is 0 Å². The molecule has 1 heterocycles. The summed E-state index contributed by atoms with van der Waals surface area (Å²) in [4.78, 5) is 8.62. The number of anilines is 2. The summed E-state index contributed by atoms with van der Waals surface area (Å²) in [5, 5.41) is 15.9. The van der Waals surface area contributed by atoms with Gasteiger partial charge in [-0.3, -0.25) is 0 Å². The quantitative estimate of drug-likeness (QED) is 0.628. The highest BCUT2D eigenvalue weighted by molar-refractivity contribution is 5.46. The van der Waals surface area contributed by atoms with Crippen LogP contribution in [0.1, 0.15) is 25.3 Å². The van der Waals surface area contributed by atoms with Crippen LogP contribution in [0.5, 0.6) is 0 Å². The molecule has 0 spiro atoms. The molecular formula is C13H24N4O2. The smallest absolute Gasteiger partial charge is 0.224 e. The van der Waals surface area contributed by atoms with Crippen molar-refractivity contribution >= 4 is 11.8 Å². The molecule has 6 nitrogen and oxygen atoms in total. The largest absolute Gasteiger partial charge is 0.391 e. The average Bonchev–Trinajstić information content (AvgIpc) is 2.39. The Morgan fingerprint density at radius 2 is 2.16 bits per heavy atom. The molecule has 0 fully saturated rings. The van der Waals surface area contributed by atoms with Crippen LogP contribution in [0.4, 0.5) is 11.8 Å². The Kier molecular flexibility index (Phi) is 7.14. The molecule has 19 heavy (non-hydrogen) atoms. The van der Waals surface area contributed by atoms with Crippen molar-refractivity contribution in [2.24, 2.45) is 0 Å². The maximum atomic E-state index is 9.56. The van der Waals surface area contributed by atoms with E-state index in [4.69, 9.17) is 4.74 Å². The van der Waals surface area contributed by atoms with E-state index in [0.29, 0.717) is 25.5 Å². The highest BCUT2D eigenvalue weighted by atomic mass is 16.5. The number of methoxy groups -OCH3 is 1. The predicted molar refractivity (Wildman–Crippen MR) is 76.5 cm³/mol. The highest BCUT2D eigenvalue weighted by Gasteiger charge is 2.06. The Balaban J connectivity index is 2.47.